The van der Waals surface area contributed by atoms with Crippen LogP contribution < -0.4 is 5.32 Å². The number of hydrogen-bond acceptors (Lipinski definition) is 2. The molecule has 0 bridgehead atoms. The molecule has 2 N–H and O–H groups in total. The Balaban J connectivity index is 1.59. The van der Waals surface area contributed by atoms with Gasteiger partial charge in [0.25, 0.3) is 0 Å². The number of nitrogens with zero attached hydrogens (tertiary/aromatic N) is 1. The first-order chi connectivity index (χ1) is 8.42. The van der Waals surface area contributed by atoms with Crippen LogP contribution in [-0.4, -0.2) is 16.7 Å². The number of rotatable bonds is 5. The van der Waals surface area contributed by atoms with Crippen LogP contribution in [0.3, 0.4) is 0 Å². The van der Waals surface area contributed by atoms with Crippen LogP contribution in [0.5, 0.6) is 0 Å². The Labute approximate surface area is 101 Å². The van der Waals surface area contributed by atoms with Gasteiger partial charge in [-0.3, -0.25) is 5.10 Å². The molecule has 0 radical (unpaired) electrons. The summed E-state index contributed by atoms with van der Waals surface area (Å²) in [6, 6.07) is 10.5. The second-order valence-corrected chi connectivity index (χ2v) is 4.71. The summed E-state index contributed by atoms with van der Waals surface area (Å²) < 4.78 is 0. The highest BCUT2D eigenvalue weighted by molar-refractivity contribution is 5.62. The average molecular weight is 227 g/mol. The molecule has 0 aliphatic heterocycles. The summed E-state index contributed by atoms with van der Waals surface area (Å²) in [6.07, 6.45) is 5.94. The zero-order valence-corrected chi connectivity index (χ0v) is 9.82. The summed E-state index contributed by atoms with van der Waals surface area (Å²) in [4.78, 5) is 0. The van der Waals surface area contributed by atoms with Gasteiger partial charge in [-0.15, -0.1) is 0 Å². The van der Waals surface area contributed by atoms with Gasteiger partial charge in [-0.2, -0.15) is 5.10 Å². The van der Waals surface area contributed by atoms with Crippen molar-refractivity contribution >= 4 is 5.69 Å². The molecule has 88 valence electrons. The number of nitrogens with one attached hydrogen (secondary N) is 2. The van der Waals surface area contributed by atoms with Crippen LogP contribution >= 0.6 is 0 Å². The summed E-state index contributed by atoms with van der Waals surface area (Å²) in [5, 5.41) is 10.4. The van der Waals surface area contributed by atoms with E-state index in [1.54, 1.807) is 6.20 Å². The van der Waals surface area contributed by atoms with Gasteiger partial charge in [0, 0.05) is 18.4 Å². The molecule has 0 amide bonds. The van der Waals surface area contributed by atoms with Crippen molar-refractivity contribution in [2.24, 2.45) is 5.92 Å². The number of hydrogen-bond donors (Lipinski definition) is 2. The fourth-order valence-corrected chi connectivity index (χ4v) is 2.01. The smallest absolute Gasteiger partial charge is 0.0650 e. The third-order valence-electron chi connectivity index (χ3n) is 3.28. The Morgan fingerprint density at radius 1 is 1.18 bits per heavy atom. The van der Waals surface area contributed by atoms with Gasteiger partial charge in [-0.25, -0.2) is 0 Å². The molecular weight excluding hydrogens is 210 g/mol. The molecule has 1 heterocycles. The molecular formula is C14H17N3. The third kappa shape index (κ3) is 2.67. The average Bonchev–Trinajstić information content (AvgIpc) is 3.03. The normalized spacial score (nSPS) is 14.8. The molecule has 17 heavy (non-hydrogen) atoms. The number of aromatic amines is 1. The Kier molecular flexibility index (Phi) is 2.82. The van der Waals surface area contributed by atoms with Gasteiger partial charge in [0.15, 0.2) is 0 Å². The van der Waals surface area contributed by atoms with E-state index in [0.29, 0.717) is 0 Å². The molecule has 1 aliphatic carbocycles. The molecule has 3 nitrogen and oxygen atoms in total. The fraction of sp³-hybridized carbons (Fsp3) is 0.357. The van der Waals surface area contributed by atoms with E-state index in [-0.39, 0.29) is 0 Å². The number of H-pyrrole nitrogens is 1. The van der Waals surface area contributed by atoms with Gasteiger partial charge in [0.05, 0.1) is 5.69 Å². The summed E-state index contributed by atoms with van der Waals surface area (Å²) in [5.41, 5.74) is 3.44. The molecule has 0 unspecified atom stereocenters. The van der Waals surface area contributed by atoms with Gasteiger partial charge in [0.2, 0.25) is 0 Å². The molecule has 1 aromatic heterocycles. The lowest BCUT2D eigenvalue weighted by Crippen LogP contribution is -2.01. The van der Waals surface area contributed by atoms with Crippen LogP contribution in [0.25, 0.3) is 11.3 Å². The minimum atomic E-state index is 0.992. The van der Waals surface area contributed by atoms with Crippen molar-refractivity contribution in [3.05, 3.63) is 36.5 Å². The minimum absolute atomic E-state index is 0.992. The van der Waals surface area contributed by atoms with E-state index >= 15 is 0 Å². The highest BCUT2D eigenvalue weighted by Crippen LogP contribution is 2.32. The second-order valence-electron chi connectivity index (χ2n) is 4.71. The van der Waals surface area contributed by atoms with Crippen molar-refractivity contribution in [3.8, 4) is 11.3 Å². The van der Waals surface area contributed by atoms with Crippen LogP contribution in [0.4, 0.5) is 5.69 Å². The van der Waals surface area contributed by atoms with Crippen molar-refractivity contribution in [1.82, 2.24) is 10.2 Å². The summed E-state index contributed by atoms with van der Waals surface area (Å²) in [6.45, 7) is 1.09. The standard InChI is InChI=1S/C14H17N3/c1-2-11(1)7-9-15-13-5-3-12(4-6-13)14-8-10-16-17-14/h3-6,8,10-11,15H,1-2,7,9H2,(H,16,17). The van der Waals surface area contributed by atoms with Gasteiger partial charge in [-0.05, 0) is 36.1 Å². The van der Waals surface area contributed by atoms with E-state index < -0.39 is 0 Å². The van der Waals surface area contributed by atoms with Crippen molar-refractivity contribution in [1.29, 1.82) is 0 Å². The maximum atomic E-state index is 3.96. The van der Waals surface area contributed by atoms with E-state index in [1.165, 1.54) is 30.5 Å². The summed E-state index contributed by atoms with van der Waals surface area (Å²) >= 11 is 0. The van der Waals surface area contributed by atoms with Crippen LogP contribution in [-0.2, 0) is 0 Å². The lowest BCUT2D eigenvalue weighted by Gasteiger charge is -2.06. The van der Waals surface area contributed by atoms with Crippen molar-refractivity contribution in [3.63, 3.8) is 0 Å². The van der Waals surface area contributed by atoms with Crippen molar-refractivity contribution in [2.45, 2.75) is 19.3 Å². The largest absolute Gasteiger partial charge is 0.385 e. The second kappa shape index (κ2) is 4.62. The highest BCUT2D eigenvalue weighted by atomic mass is 15.1. The lowest BCUT2D eigenvalue weighted by atomic mass is 10.1. The summed E-state index contributed by atoms with van der Waals surface area (Å²) in [5.74, 6) is 0.992. The summed E-state index contributed by atoms with van der Waals surface area (Å²) in [7, 11) is 0. The predicted molar refractivity (Wildman–Crippen MR) is 69.9 cm³/mol. The van der Waals surface area contributed by atoms with Crippen LogP contribution in [0, 0.1) is 5.92 Å². The molecule has 1 aliphatic rings. The van der Waals surface area contributed by atoms with Crippen LogP contribution in [0.15, 0.2) is 36.5 Å². The number of benzene rings is 1. The zero-order valence-electron chi connectivity index (χ0n) is 9.82. The van der Waals surface area contributed by atoms with Crippen LogP contribution in [0.1, 0.15) is 19.3 Å². The number of aromatic nitrogens is 2. The Hall–Kier alpha value is -1.77. The molecule has 2 aromatic rings. The molecule has 1 aromatic carbocycles. The quantitative estimate of drug-likeness (QED) is 0.823. The molecule has 0 spiro atoms. The van der Waals surface area contributed by atoms with Crippen molar-refractivity contribution in [2.75, 3.05) is 11.9 Å². The van der Waals surface area contributed by atoms with E-state index in [1.807, 2.05) is 6.07 Å². The Bertz CT molecular complexity index is 455. The Morgan fingerprint density at radius 3 is 2.65 bits per heavy atom. The van der Waals surface area contributed by atoms with Gasteiger partial charge < -0.3 is 5.32 Å². The SMILES string of the molecule is c1cc(-c2ccc(NCCC3CC3)cc2)[nH]n1. The first kappa shape index (κ1) is 10.4. The van der Waals surface area contributed by atoms with Crippen molar-refractivity contribution < 1.29 is 0 Å². The molecule has 0 saturated heterocycles. The fourth-order valence-electron chi connectivity index (χ4n) is 2.01. The molecule has 3 rings (SSSR count). The number of anilines is 1. The molecule has 0 atom stereocenters. The molecule has 1 saturated carbocycles. The highest BCUT2D eigenvalue weighted by Gasteiger charge is 2.19. The van der Waals surface area contributed by atoms with E-state index in [9.17, 15) is 0 Å². The predicted octanol–water partition coefficient (Wildman–Crippen LogP) is 3.29. The monoisotopic (exact) mass is 227 g/mol. The van der Waals surface area contributed by atoms with E-state index in [4.69, 9.17) is 0 Å². The van der Waals surface area contributed by atoms with Gasteiger partial charge in [0.1, 0.15) is 0 Å². The lowest BCUT2D eigenvalue weighted by molar-refractivity contribution is 0.760. The Morgan fingerprint density at radius 2 is 2.00 bits per heavy atom. The maximum Gasteiger partial charge on any atom is 0.0650 e. The first-order valence-corrected chi connectivity index (χ1v) is 6.25. The minimum Gasteiger partial charge on any atom is -0.385 e. The van der Waals surface area contributed by atoms with Crippen LogP contribution in [0.2, 0.25) is 0 Å². The van der Waals surface area contributed by atoms with Gasteiger partial charge >= 0.3 is 0 Å². The van der Waals surface area contributed by atoms with E-state index in [2.05, 4.69) is 39.8 Å². The topological polar surface area (TPSA) is 40.7 Å². The van der Waals surface area contributed by atoms with Gasteiger partial charge in [-0.1, -0.05) is 25.0 Å². The third-order valence-corrected chi connectivity index (χ3v) is 3.28. The maximum absolute atomic E-state index is 3.96. The molecule has 1 fully saturated rings. The zero-order chi connectivity index (χ0) is 11.5. The molecule has 3 heteroatoms. The van der Waals surface area contributed by atoms with E-state index in [0.717, 1.165) is 18.2 Å². The first-order valence-electron chi connectivity index (χ1n) is 6.25.